The fourth-order valence-electron chi connectivity index (χ4n) is 1.73. The predicted molar refractivity (Wildman–Crippen MR) is 83.6 cm³/mol. The first-order valence-corrected chi connectivity index (χ1v) is 7.02. The standard InChI is InChI=1S/C15H11BrClNO2/c1-9(19)11-4-2-3-5-14(11)18-15(20)10-6-7-13(17)12(16)8-10/h2-8H,1H3,(H,18,20). The van der Waals surface area contributed by atoms with Gasteiger partial charge in [-0.3, -0.25) is 9.59 Å². The Bertz CT molecular complexity index is 685. The summed E-state index contributed by atoms with van der Waals surface area (Å²) in [6.07, 6.45) is 0. The molecule has 2 aromatic rings. The van der Waals surface area contributed by atoms with E-state index in [1.165, 1.54) is 6.92 Å². The summed E-state index contributed by atoms with van der Waals surface area (Å²) in [6, 6.07) is 11.8. The number of carbonyl (C=O) groups is 2. The molecule has 0 heterocycles. The van der Waals surface area contributed by atoms with E-state index < -0.39 is 0 Å². The Balaban J connectivity index is 2.28. The molecule has 1 amide bonds. The van der Waals surface area contributed by atoms with Crippen LogP contribution in [0.25, 0.3) is 0 Å². The molecule has 0 aliphatic rings. The molecule has 0 saturated carbocycles. The summed E-state index contributed by atoms with van der Waals surface area (Å²) < 4.78 is 0.645. The van der Waals surface area contributed by atoms with Crippen LogP contribution in [0.5, 0.6) is 0 Å². The van der Waals surface area contributed by atoms with Crippen LogP contribution in [-0.2, 0) is 0 Å². The molecule has 0 saturated heterocycles. The Kier molecular flexibility index (Phi) is 4.57. The minimum absolute atomic E-state index is 0.0989. The predicted octanol–water partition coefficient (Wildman–Crippen LogP) is 4.56. The van der Waals surface area contributed by atoms with Crippen molar-refractivity contribution in [1.82, 2.24) is 0 Å². The first-order chi connectivity index (χ1) is 9.49. The summed E-state index contributed by atoms with van der Waals surface area (Å²) in [7, 11) is 0. The van der Waals surface area contributed by atoms with Gasteiger partial charge < -0.3 is 5.32 Å². The summed E-state index contributed by atoms with van der Waals surface area (Å²) in [5, 5.41) is 3.26. The molecule has 20 heavy (non-hydrogen) atoms. The number of Topliss-reactive ketones (excluding diaryl/α,β-unsaturated/α-hetero) is 1. The van der Waals surface area contributed by atoms with Crippen molar-refractivity contribution >= 4 is 44.9 Å². The maximum atomic E-state index is 12.2. The van der Waals surface area contributed by atoms with Gasteiger partial charge in [-0.2, -0.15) is 0 Å². The molecular formula is C15H11BrClNO2. The number of ketones is 1. The van der Waals surface area contributed by atoms with Crippen LogP contribution < -0.4 is 5.32 Å². The second-order valence-electron chi connectivity index (χ2n) is 4.18. The van der Waals surface area contributed by atoms with Crippen molar-refractivity contribution in [2.24, 2.45) is 0 Å². The first kappa shape index (κ1) is 14.8. The number of benzene rings is 2. The van der Waals surface area contributed by atoms with E-state index in [1.54, 1.807) is 42.5 Å². The lowest BCUT2D eigenvalue weighted by Gasteiger charge is -2.09. The minimum atomic E-state index is -0.295. The largest absolute Gasteiger partial charge is 0.321 e. The van der Waals surface area contributed by atoms with Crippen molar-refractivity contribution < 1.29 is 9.59 Å². The van der Waals surface area contributed by atoms with Gasteiger partial charge in [0.15, 0.2) is 5.78 Å². The van der Waals surface area contributed by atoms with Crippen molar-refractivity contribution in [3.8, 4) is 0 Å². The van der Waals surface area contributed by atoms with Crippen LogP contribution >= 0.6 is 27.5 Å². The summed E-state index contributed by atoms with van der Waals surface area (Å²) in [4.78, 5) is 23.7. The Morgan fingerprint density at radius 3 is 2.50 bits per heavy atom. The molecule has 5 heteroatoms. The zero-order chi connectivity index (χ0) is 14.7. The number of nitrogens with one attached hydrogen (secondary N) is 1. The molecule has 0 fully saturated rings. The summed E-state index contributed by atoms with van der Waals surface area (Å²) in [5.41, 5.74) is 1.43. The summed E-state index contributed by atoms with van der Waals surface area (Å²) in [5.74, 6) is -0.394. The van der Waals surface area contributed by atoms with E-state index >= 15 is 0 Å². The van der Waals surface area contributed by atoms with Crippen molar-refractivity contribution in [2.45, 2.75) is 6.92 Å². The van der Waals surface area contributed by atoms with E-state index in [9.17, 15) is 9.59 Å². The number of para-hydroxylation sites is 1. The lowest BCUT2D eigenvalue weighted by atomic mass is 10.1. The zero-order valence-corrected chi connectivity index (χ0v) is 13.0. The van der Waals surface area contributed by atoms with E-state index in [0.29, 0.717) is 26.3 Å². The Morgan fingerprint density at radius 2 is 1.85 bits per heavy atom. The molecule has 3 nitrogen and oxygen atoms in total. The van der Waals surface area contributed by atoms with Gasteiger partial charge in [0.1, 0.15) is 0 Å². The highest BCUT2D eigenvalue weighted by Crippen LogP contribution is 2.24. The van der Waals surface area contributed by atoms with E-state index in [1.807, 2.05) is 0 Å². The monoisotopic (exact) mass is 351 g/mol. The Morgan fingerprint density at radius 1 is 1.15 bits per heavy atom. The Labute approximate surface area is 130 Å². The van der Waals surface area contributed by atoms with Gasteiger partial charge in [0.05, 0.1) is 10.7 Å². The summed E-state index contributed by atoms with van der Waals surface area (Å²) in [6.45, 7) is 1.46. The fourth-order valence-corrected chi connectivity index (χ4v) is 2.23. The zero-order valence-electron chi connectivity index (χ0n) is 10.6. The van der Waals surface area contributed by atoms with E-state index in [2.05, 4.69) is 21.2 Å². The highest BCUT2D eigenvalue weighted by Gasteiger charge is 2.12. The molecule has 0 aliphatic carbocycles. The second-order valence-corrected chi connectivity index (χ2v) is 5.45. The van der Waals surface area contributed by atoms with Crippen LogP contribution in [-0.4, -0.2) is 11.7 Å². The SMILES string of the molecule is CC(=O)c1ccccc1NC(=O)c1ccc(Cl)c(Br)c1. The minimum Gasteiger partial charge on any atom is -0.321 e. The topological polar surface area (TPSA) is 46.2 Å². The molecule has 0 unspecified atom stereocenters. The second kappa shape index (κ2) is 6.20. The van der Waals surface area contributed by atoms with Crippen LogP contribution in [0.3, 0.4) is 0 Å². The quantitative estimate of drug-likeness (QED) is 0.823. The van der Waals surface area contributed by atoms with E-state index in [0.717, 1.165) is 0 Å². The van der Waals surface area contributed by atoms with Gasteiger partial charge in [0.2, 0.25) is 0 Å². The van der Waals surface area contributed by atoms with Crippen molar-refractivity contribution in [1.29, 1.82) is 0 Å². The third-order valence-electron chi connectivity index (χ3n) is 2.74. The molecule has 0 aliphatic heterocycles. The molecule has 2 rings (SSSR count). The first-order valence-electron chi connectivity index (χ1n) is 5.85. The lowest BCUT2D eigenvalue weighted by molar-refractivity contribution is 0.101. The van der Waals surface area contributed by atoms with Gasteiger partial charge in [-0.25, -0.2) is 0 Å². The number of hydrogen-bond acceptors (Lipinski definition) is 2. The third kappa shape index (κ3) is 3.26. The highest BCUT2D eigenvalue weighted by atomic mass is 79.9. The van der Waals surface area contributed by atoms with Crippen molar-refractivity contribution in [3.05, 3.63) is 63.1 Å². The van der Waals surface area contributed by atoms with Crippen LogP contribution in [0.2, 0.25) is 5.02 Å². The van der Waals surface area contributed by atoms with Gasteiger partial charge >= 0.3 is 0 Å². The summed E-state index contributed by atoms with van der Waals surface area (Å²) >= 11 is 9.16. The average molecular weight is 353 g/mol. The molecule has 0 bridgehead atoms. The number of anilines is 1. The third-order valence-corrected chi connectivity index (χ3v) is 3.95. The molecule has 102 valence electrons. The van der Waals surface area contributed by atoms with Crippen molar-refractivity contribution in [2.75, 3.05) is 5.32 Å². The van der Waals surface area contributed by atoms with Gasteiger partial charge in [-0.15, -0.1) is 0 Å². The molecule has 0 atom stereocenters. The smallest absolute Gasteiger partial charge is 0.255 e. The normalized spacial score (nSPS) is 10.2. The maximum absolute atomic E-state index is 12.2. The van der Waals surface area contributed by atoms with Crippen LogP contribution in [0.4, 0.5) is 5.69 Å². The fraction of sp³-hybridized carbons (Fsp3) is 0.0667. The number of hydrogen-bond donors (Lipinski definition) is 1. The van der Waals surface area contributed by atoms with Crippen LogP contribution in [0.15, 0.2) is 46.9 Å². The van der Waals surface area contributed by atoms with Crippen LogP contribution in [0, 0.1) is 0 Å². The Hall–Kier alpha value is -1.65. The van der Waals surface area contributed by atoms with E-state index in [-0.39, 0.29) is 11.7 Å². The van der Waals surface area contributed by atoms with E-state index in [4.69, 9.17) is 11.6 Å². The molecule has 2 aromatic carbocycles. The molecule has 0 aromatic heterocycles. The maximum Gasteiger partial charge on any atom is 0.255 e. The molecule has 0 spiro atoms. The lowest BCUT2D eigenvalue weighted by Crippen LogP contribution is -2.14. The number of rotatable bonds is 3. The average Bonchev–Trinajstić information content (AvgIpc) is 2.42. The van der Waals surface area contributed by atoms with Gasteiger partial charge in [-0.1, -0.05) is 23.7 Å². The highest BCUT2D eigenvalue weighted by molar-refractivity contribution is 9.10. The molecular weight excluding hydrogens is 342 g/mol. The van der Waals surface area contributed by atoms with Gasteiger partial charge in [0, 0.05) is 15.6 Å². The van der Waals surface area contributed by atoms with Gasteiger partial charge in [0.25, 0.3) is 5.91 Å². The number of amides is 1. The number of carbonyl (C=O) groups excluding carboxylic acids is 2. The van der Waals surface area contributed by atoms with Crippen LogP contribution in [0.1, 0.15) is 27.6 Å². The number of halogens is 2. The van der Waals surface area contributed by atoms with Crippen molar-refractivity contribution in [3.63, 3.8) is 0 Å². The molecule has 0 radical (unpaired) electrons. The molecule has 1 N–H and O–H groups in total. The van der Waals surface area contributed by atoms with Gasteiger partial charge in [-0.05, 0) is 53.2 Å².